The maximum Gasteiger partial charge on any atom is 0.294 e. The summed E-state index contributed by atoms with van der Waals surface area (Å²) in [5.74, 6) is 0.562. The van der Waals surface area contributed by atoms with E-state index < -0.39 is 52.2 Å². The number of nitrogens with zero attached hydrogens (tertiary/aromatic N) is 7. The Morgan fingerprint density at radius 3 is 1.79 bits per heavy atom. The maximum absolute atomic E-state index is 10.5. The second kappa shape index (κ2) is 15.4. The van der Waals surface area contributed by atoms with Gasteiger partial charge in [-0.3, -0.25) is 10.2 Å². The monoisotopic (exact) mass is 615 g/mol. The highest BCUT2D eigenvalue weighted by Crippen LogP contribution is 2.21. The standard InChI is InChI=1S/C16H14ClN3O.C5H8N4O12/c1-18-15-10-20(21)16(11-5-3-2-4-6-11)13-9-12(17)7-8-14(13)19-15;10-6(11)18-1-5(2-19-7(12)13,3-20-8(14)15)4-21-9(16)17/h2-9,21H,10H2,1H3;1-4H2. The van der Waals surface area contributed by atoms with Gasteiger partial charge in [-0.25, -0.2) is 10.1 Å². The van der Waals surface area contributed by atoms with Gasteiger partial charge in [0, 0.05) is 22.9 Å². The number of amidine groups is 1. The summed E-state index contributed by atoms with van der Waals surface area (Å²) in [6.07, 6.45) is 0. The quantitative estimate of drug-likeness (QED) is 0.240. The summed E-state index contributed by atoms with van der Waals surface area (Å²) in [5.41, 5.74) is -0.452. The van der Waals surface area contributed by atoms with Crippen LogP contribution in [-0.2, 0) is 19.4 Å². The largest absolute Gasteiger partial charge is 0.313 e. The van der Waals surface area contributed by atoms with E-state index in [2.05, 4.69) is 29.3 Å². The zero-order valence-corrected chi connectivity index (χ0v) is 22.3. The Labute approximate surface area is 239 Å². The maximum atomic E-state index is 10.5. The molecule has 0 aliphatic carbocycles. The molecule has 0 bridgehead atoms. The van der Waals surface area contributed by atoms with Gasteiger partial charge in [-0.2, -0.15) is 0 Å². The predicted octanol–water partition coefficient (Wildman–Crippen LogP) is 0.655. The number of halogens is 1. The van der Waals surface area contributed by atoms with Crippen LogP contribution in [-0.4, -0.2) is 76.5 Å². The average molecular weight is 616 g/mol. The van der Waals surface area contributed by atoms with E-state index in [-0.39, 0.29) is 6.54 Å². The van der Waals surface area contributed by atoms with Gasteiger partial charge in [0.25, 0.3) is 20.3 Å². The molecule has 0 fully saturated rings. The Hall–Kier alpha value is -5.37. The van der Waals surface area contributed by atoms with E-state index in [1.165, 1.54) is 5.06 Å². The summed E-state index contributed by atoms with van der Waals surface area (Å²) in [6, 6.07) is 15.1. The van der Waals surface area contributed by atoms with Gasteiger partial charge in [-0.1, -0.05) is 41.9 Å². The van der Waals surface area contributed by atoms with Gasteiger partial charge < -0.3 is 19.4 Å². The summed E-state index contributed by atoms with van der Waals surface area (Å²) in [6.45, 7) is -3.90. The molecule has 226 valence electrons. The molecule has 42 heavy (non-hydrogen) atoms. The van der Waals surface area contributed by atoms with Gasteiger partial charge in [-0.05, 0) is 18.2 Å². The Morgan fingerprint density at radius 1 is 0.881 bits per heavy atom. The van der Waals surface area contributed by atoms with E-state index in [0.717, 1.165) is 16.1 Å². The molecule has 0 saturated heterocycles. The van der Waals surface area contributed by atoms with Crippen molar-refractivity contribution in [3.8, 4) is 0 Å². The van der Waals surface area contributed by atoms with E-state index in [9.17, 15) is 45.7 Å². The van der Waals surface area contributed by atoms with Crippen molar-refractivity contribution in [3.63, 3.8) is 0 Å². The average Bonchev–Trinajstić information content (AvgIpc) is 3.07. The molecule has 20 nitrogen and oxygen atoms in total. The van der Waals surface area contributed by atoms with Gasteiger partial charge in [0.15, 0.2) is 0 Å². The van der Waals surface area contributed by atoms with Crippen LogP contribution in [0.1, 0.15) is 5.56 Å². The highest BCUT2D eigenvalue weighted by molar-refractivity contribution is 6.30. The Bertz CT molecular complexity index is 1360. The highest BCUT2D eigenvalue weighted by atomic mass is 35.5. The molecule has 1 aliphatic rings. The van der Waals surface area contributed by atoms with Crippen molar-refractivity contribution < 1.29 is 44.9 Å². The number of hydroxylamine groups is 2. The van der Waals surface area contributed by atoms with Crippen LogP contribution in [0.5, 0.6) is 0 Å². The molecule has 2 aromatic rings. The number of fused-ring (bicyclic) bond motifs is 1. The lowest BCUT2D eigenvalue weighted by Gasteiger charge is -2.28. The number of hydrogen-bond acceptors (Lipinski definition) is 15. The zero-order valence-electron chi connectivity index (χ0n) is 21.5. The molecule has 0 amide bonds. The van der Waals surface area contributed by atoms with Crippen molar-refractivity contribution in [2.45, 2.75) is 0 Å². The van der Waals surface area contributed by atoms with Gasteiger partial charge in [0.1, 0.15) is 38.8 Å². The molecule has 2 aromatic carbocycles. The number of rotatable bonds is 13. The van der Waals surface area contributed by atoms with E-state index in [1.54, 1.807) is 13.1 Å². The van der Waals surface area contributed by atoms with Crippen molar-refractivity contribution in [2.75, 3.05) is 40.0 Å². The predicted molar refractivity (Wildman–Crippen MR) is 137 cm³/mol. The topological polar surface area (TPSA) is 258 Å². The third kappa shape index (κ3) is 10.3. The number of hydrogen-bond donors (Lipinski definition) is 1. The van der Waals surface area contributed by atoms with E-state index in [1.807, 2.05) is 42.5 Å². The summed E-state index contributed by atoms with van der Waals surface area (Å²) < 4.78 is 0. The van der Waals surface area contributed by atoms with Crippen LogP contribution in [0, 0.1) is 45.9 Å². The van der Waals surface area contributed by atoms with Gasteiger partial charge >= 0.3 is 0 Å². The second-order valence-corrected chi connectivity index (χ2v) is 8.61. The van der Waals surface area contributed by atoms with Crippen molar-refractivity contribution in [3.05, 3.63) is 110 Å². The molecule has 3 rings (SSSR count). The smallest absolute Gasteiger partial charge is 0.294 e. The third-order valence-electron chi connectivity index (χ3n) is 5.22. The minimum Gasteiger partial charge on any atom is -0.313 e. The van der Waals surface area contributed by atoms with Gasteiger partial charge in [-0.15, -0.1) is 40.5 Å². The van der Waals surface area contributed by atoms with Crippen LogP contribution in [0.25, 0.3) is 5.70 Å². The van der Waals surface area contributed by atoms with Gasteiger partial charge in [0.05, 0.1) is 16.5 Å². The fraction of sp³-hybridized carbons (Fsp3) is 0.333. The lowest BCUT2D eigenvalue weighted by molar-refractivity contribution is -0.792. The molecular weight excluding hydrogens is 594 g/mol. The molecule has 0 saturated carbocycles. The molecule has 0 unspecified atom stereocenters. The molecule has 1 heterocycles. The third-order valence-corrected chi connectivity index (χ3v) is 5.46. The Morgan fingerprint density at radius 2 is 1.36 bits per heavy atom. The van der Waals surface area contributed by atoms with Crippen LogP contribution in [0.15, 0.2) is 58.5 Å². The number of aliphatic imine (C=N–C) groups is 1. The highest BCUT2D eigenvalue weighted by Gasteiger charge is 2.37. The van der Waals surface area contributed by atoms with Crippen LogP contribution in [0.3, 0.4) is 0 Å². The normalized spacial score (nSPS) is 13.4. The van der Waals surface area contributed by atoms with Crippen LogP contribution < -0.4 is 10.6 Å². The van der Waals surface area contributed by atoms with E-state index in [0.29, 0.717) is 16.6 Å². The van der Waals surface area contributed by atoms with Crippen molar-refractivity contribution in [1.82, 2.24) is 5.06 Å². The summed E-state index contributed by atoms with van der Waals surface area (Å²) in [4.78, 5) is 64.8. The molecule has 0 spiro atoms. The summed E-state index contributed by atoms with van der Waals surface area (Å²) in [7, 11) is 1.66. The first kappa shape index (κ1) is 32.8. The summed E-state index contributed by atoms with van der Waals surface area (Å²) >= 11 is 6.12. The lowest BCUT2D eigenvalue weighted by atomic mass is 9.92. The van der Waals surface area contributed by atoms with Crippen molar-refractivity contribution in [2.24, 2.45) is 15.4 Å². The molecule has 0 atom stereocenters. The lowest BCUT2D eigenvalue weighted by Crippen LogP contribution is -2.43. The van der Waals surface area contributed by atoms with E-state index in [4.69, 9.17) is 11.6 Å². The second-order valence-electron chi connectivity index (χ2n) is 8.17. The SMILES string of the molecule is CN=C1CN(O)C(c2ccccc2)=c2cc(Cl)ccc2=N1.O=[N+]([O-])OCC(CO[N+](=O)[O-])(CO[N+](=O)[O-])CO[N+](=O)[O-]. The van der Waals surface area contributed by atoms with Crippen LogP contribution >= 0.6 is 11.6 Å². The first-order valence-corrected chi connectivity index (χ1v) is 11.7. The fourth-order valence-electron chi connectivity index (χ4n) is 3.35. The van der Waals surface area contributed by atoms with Gasteiger partial charge in [0.2, 0.25) is 0 Å². The molecule has 0 radical (unpaired) electrons. The van der Waals surface area contributed by atoms with Crippen molar-refractivity contribution >= 4 is 23.1 Å². The summed E-state index contributed by atoms with van der Waals surface area (Å²) in [5, 5.41) is 49.0. The first-order valence-electron chi connectivity index (χ1n) is 11.3. The first-order chi connectivity index (χ1) is 19.9. The molecule has 1 aliphatic heterocycles. The molecule has 21 heteroatoms. The zero-order chi connectivity index (χ0) is 31.3. The van der Waals surface area contributed by atoms with Crippen LogP contribution in [0.4, 0.5) is 0 Å². The molecule has 1 N–H and O–H groups in total. The Balaban J connectivity index is 0.000000293. The number of benzene rings is 2. The van der Waals surface area contributed by atoms with Crippen molar-refractivity contribution in [1.29, 1.82) is 0 Å². The molecule has 0 aromatic heterocycles. The Kier molecular flexibility index (Phi) is 12.1. The van der Waals surface area contributed by atoms with E-state index >= 15 is 0 Å². The molecular formula is C21H22ClN7O13. The van der Waals surface area contributed by atoms with Crippen LogP contribution in [0.2, 0.25) is 5.02 Å². The minimum absolute atomic E-state index is 0.229. The minimum atomic E-state index is -2.03. The fourth-order valence-corrected chi connectivity index (χ4v) is 3.52.